The second-order valence-corrected chi connectivity index (χ2v) is 7.31. The van der Waals surface area contributed by atoms with Crippen LogP contribution < -0.4 is 14.0 Å². The molecule has 118 valence electrons. The van der Waals surface area contributed by atoms with Crippen molar-refractivity contribution in [2.45, 2.75) is 12.8 Å². The Kier molecular flexibility index (Phi) is 4.26. The first-order chi connectivity index (χ1) is 11.7. The van der Waals surface area contributed by atoms with Gasteiger partial charge in [-0.15, -0.1) is 0 Å². The van der Waals surface area contributed by atoms with Crippen LogP contribution in [-0.2, 0) is 6.54 Å². The van der Waals surface area contributed by atoms with E-state index in [1.807, 2.05) is 36.4 Å². The van der Waals surface area contributed by atoms with Crippen molar-refractivity contribution in [2.24, 2.45) is 0 Å². The van der Waals surface area contributed by atoms with Crippen LogP contribution in [0.15, 0.2) is 72.8 Å². The van der Waals surface area contributed by atoms with E-state index < -0.39 is 0 Å². The minimum atomic E-state index is -0.147. The predicted molar refractivity (Wildman–Crippen MR) is 99.3 cm³/mol. The molecule has 0 spiro atoms. The van der Waals surface area contributed by atoms with Crippen molar-refractivity contribution < 1.29 is 4.74 Å². The van der Waals surface area contributed by atoms with Gasteiger partial charge < -0.3 is 0 Å². The molecule has 1 aliphatic heterocycles. The van der Waals surface area contributed by atoms with E-state index in [1.54, 1.807) is 0 Å². The fourth-order valence-electron chi connectivity index (χ4n) is 2.96. The molecule has 0 amide bonds. The molecule has 0 N–H and O–H groups in total. The third-order valence-corrected chi connectivity index (χ3v) is 4.96. The summed E-state index contributed by atoms with van der Waals surface area (Å²) in [5.74, 6) is 0.917. The van der Waals surface area contributed by atoms with Crippen LogP contribution in [-0.4, -0.2) is 16.9 Å². The van der Waals surface area contributed by atoms with Crippen LogP contribution in [0.25, 0.3) is 0 Å². The second kappa shape index (κ2) is 6.55. The zero-order chi connectivity index (χ0) is 16.5. The van der Waals surface area contributed by atoms with Crippen molar-refractivity contribution in [3.63, 3.8) is 0 Å². The number of hydrogen-bond acceptors (Lipinski definition) is 2. The first-order valence-electron chi connectivity index (χ1n) is 7.76. The van der Waals surface area contributed by atoms with Gasteiger partial charge in [-0.1, -0.05) is 0 Å². The third-order valence-electron chi connectivity index (χ3n) is 4.12. The Labute approximate surface area is 155 Å². The van der Waals surface area contributed by atoms with Gasteiger partial charge in [-0.25, -0.2) is 0 Å². The fraction of sp³-hybridized carbons (Fsp3) is 0.100. The Bertz CT molecular complexity index is 851. The number of rotatable bonds is 3. The molecule has 0 aromatic heterocycles. The van der Waals surface area contributed by atoms with Crippen LogP contribution in [0.5, 0.6) is 5.75 Å². The predicted octanol–water partition coefficient (Wildman–Crippen LogP) is 4.23. The molecule has 4 rings (SSSR count). The van der Waals surface area contributed by atoms with Gasteiger partial charge in [0.1, 0.15) is 0 Å². The average Bonchev–Trinajstić information content (AvgIpc) is 2.94. The van der Waals surface area contributed by atoms with Crippen molar-refractivity contribution in [1.29, 1.82) is 0 Å². The molecule has 2 radical (unpaired) electrons. The molecule has 1 aliphatic rings. The molecule has 1 unspecified atom stereocenters. The molecule has 1 atom stereocenters. The van der Waals surface area contributed by atoms with Gasteiger partial charge in [0.15, 0.2) is 0 Å². The molecule has 0 fully saturated rings. The van der Waals surface area contributed by atoms with Crippen LogP contribution in [0.4, 0.5) is 5.69 Å². The molecular formula is C20H15AsClNO. The van der Waals surface area contributed by atoms with Crippen molar-refractivity contribution in [3.8, 4) is 5.75 Å². The number of anilines is 1. The summed E-state index contributed by atoms with van der Waals surface area (Å²) in [6.45, 7) is 0.789. The molecule has 3 aromatic rings. The Balaban J connectivity index is 1.74. The van der Waals surface area contributed by atoms with Gasteiger partial charge in [0.25, 0.3) is 0 Å². The second-order valence-electron chi connectivity index (χ2n) is 5.79. The Hall–Kier alpha value is -1.89. The van der Waals surface area contributed by atoms with Crippen molar-refractivity contribution in [3.05, 3.63) is 88.9 Å². The number of benzene rings is 3. The number of ether oxygens (including phenoxy) is 1. The van der Waals surface area contributed by atoms with Crippen LogP contribution >= 0.6 is 11.6 Å². The quantitative estimate of drug-likeness (QED) is 0.615. The molecule has 0 aliphatic carbocycles. The molecule has 1 heterocycles. The standard InChI is InChI=1S/C20H15AsClNO/c21-16-8-11-19-18(12-16)23(13-14-4-2-1-3-5-14)20(24-19)15-6-9-17(22)10-7-15/h1-12,20H,13H2. The third kappa shape index (κ3) is 3.04. The van der Waals surface area contributed by atoms with E-state index in [1.165, 1.54) is 9.91 Å². The van der Waals surface area contributed by atoms with Gasteiger partial charge in [-0.3, -0.25) is 0 Å². The molecule has 3 aromatic carbocycles. The van der Waals surface area contributed by atoms with Crippen LogP contribution in [0.1, 0.15) is 17.4 Å². The summed E-state index contributed by atoms with van der Waals surface area (Å²) in [6, 6.07) is 24.6. The van der Waals surface area contributed by atoms with Crippen LogP contribution in [0.3, 0.4) is 0 Å². The molecule has 4 heteroatoms. The van der Waals surface area contributed by atoms with E-state index in [4.69, 9.17) is 16.3 Å². The summed E-state index contributed by atoms with van der Waals surface area (Å²) in [5, 5.41) is 0.733. The first kappa shape index (κ1) is 15.6. The van der Waals surface area contributed by atoms with Gasteiger partial charge >= 0.3 is 156 Å². The Morgan fingerprint density at radius 3 is 2.46 bits per heavy atom. The zero-order valence-electron chi connectivity index (χ0n) is 12.9. The van der Waals surface area contributed by atoms with Gasteiger partial charge in [-0.05, 0) is 0 Å². The minimum absolute atomic E-state index is 0.147. The van der Waals surface area contributed by atoms with E-state index in [0.717, 1.165) is 28.6 Å². The monoisotopic (exact) mass is 395 g/mol. The maximum absolute atomic E-state index is 6.25. The molecule has 2 nitrogen and oxygen atoms in total. The summed E-state index contributed by atoms with van der Waals surface area (Å²) in [4.78, 5) is 2.30. The van der Waals surface area contributed by atoms with Crippen molar-refractivity contribution >= 4 is 38.5 Å². The van der Waals surface area contributed by atoms with E-state index >= 15 is 0 Å². The van der Waals surface area contributed by atoms with Crippen LogP contribution in [0, 0.1) is 0 Å². The van der Waals surface area contributed by atoms with E-state index in [-0.39, 0.29) is 6.23 Å². The number of halogens is 1. The molecule has 0 bridgehead atoms. The zero-order valence-corrected chi connectivity index (χ0v) is 15.5. The Morgan fingerprint density at radius 1 is 0.958 bits per heavy atom. The SMILES string of the molecule is Clc1ccc(C2Oc3ccc([As])cc3N2Cc2ccccc2)cc1. The van der Waals surface area contributed by atoms with E-state index in [0.29, 0.717) is 0 Å². The molecule has 0 saturated carbocycles. The van der Waals surface area contributed by atoms with Gasteiger partial charge in [0.05, 0.1) is 0 Å². The number of hydrogen-bond donors (Lipinski definition) is 0. The molecule has 24 heavy (non-hydrogen) atoms. The maximum atomic E-state index is 6.25. The average molecular weight is 396 g/mol. The molecular weight excluding hydrogens is 381 g/mol. The Morgan fingerprint density at radius 2 is 1.71 bits per heavy atom. The summed E-state index contributed by atoms with van der Waals surface area (Å²) in [5.41, 5.74) is 3.47. The summed E-state index contributed by atoms with van der Waals surface area (Å²) in [6.07, 6.45) is -0.147. The van der Waals surface area contributed by atoms with Gasteiger partial charge in [0, 0.05) is 0 Å². The van der Waals surface area contributed by atoms with Crippen molar-refractivity contribution in [1.82, 2.24) is 0 Å². The topological polar surface area (TPSA) is 12.5 Å². The fourth-order valence-corrected chi connectivity index (χ4v) is 3.50. The van der Waals surface area contributed by atoms with Gasteiger partial charge in [-0.2, -0.15) is 0 Å². The summed E-state index contributed by atoms with van der Waals surface area (Å²) < 4.78 is 7.41. The molecule has 0 saturated heterocycles. The van der Waals surface area contributed by atoms with Crippen LogP contribution in [0.2, 0.25) is 5.02 Å². The number of nitrogens with zero attached hydrogens (tertiary/aromatic N) is 1. The van der Waals surface area contributed by atoms with E-state index in [9.17, 15) is 0 Å². The van der Waals surface area contributed by atoms with Crippen molar-refractivity contribution in [2.75, 3.05) is 4.90 Å². The van der Waals surface area contributed by atoms with Gasteiger partial charge in [0.2, 0.25) is 0 Å². The van der Waals surface area contributed by atoms with E-state index in [2.05, 4.69) is 58.2 Å². The summed E-state index contributed by atoms with van der Waals surface area (Å²) in [7, 11) is 0. The normalized spacial score (nSPS) is 15.9. The first-order valence-corrected chi connectivity index (χ1v) is 9.08. The number of fused-ring (bicyclic) bond motifs is 1. The summed E-state index contributed by atoms with van der Waals surface area (Å²) >= 11 is 8.63.